The smallest absolute Gasteiger partial charge is 0.172 e. The summed E-state index contributed by atoms with van der Waals surface area (Å²) < 4.78 is 0.809. The van der Waals surface area contributed by atoms with E-state index in [1.54, 1.807) is 6.07 Å². The van der Waals surface area contributed by atoms with Crippen molar-refractivity contribution in [2.45, 2.75) is 12.8 Å². The van der Waals surface area contributed by atoms with Crippen molar-refractivity contribution < 1.29 is 4.79 Å². The Morgan fingerprint density at radius 3 is 2.77 bits per heavy atom. The molecule has 0 aliphatic carbocycles. The highest BCUT2D eigenvalue weighted by atomic mass is 79.9. The second-order valence-corrected chi connectivity index (χ2v) is 5.60. The molecule has 0 amide bonds. The average molecular weight is 302 g/mol. The van der Waals surface area contributed by atoms with Gasteiger partial charge in [0.2, 0.25) is 0 Å². The first-order chi connectivity index (χ1) is 6.15. The summed E-state index contributed by atoms with van der Waals surface area (Å²) in [6.45, 7) is 0. The van der Waals surface area contributed by atoms with Gasteiger partial charge in [-0.25, -0.2) is 0 Å². The summed E-state index contributed by atoms with van der Waals surface area (Å²) in [5.41, 5.74) is 0. The Kier molecular flexibility index (Phi) is 4.73. The summed E-state index contributed by atoms with van der Waals surface area (Å²) in [6, 6.07) is 1.69. The molecule has 0 spiro atoms. The van der Waals surface area contributed by atoms with Gasteiger partial charge in [-0.3, -0.25) is 4.79 Å². The summed E-state index contributed by atoms with van der Waals surface area (Å²) in [4.78, 5) is 12.1. The van der Waals surface area contributed by atoms with E-state index < -0.39 is 0 Å². The maximum Gasteiger partial charge on any atom is 0.172 e. The van der Waals surface area contributed by atoms with E-state index in [1.165, 1.54) is 11.3 Å². The largest absolute Gasteiger partial charge is 0.293 e. The molecule has 0 N–H and O–H groups in total. The zero-order valence-electron chi connectivity index (χ0n) is 6.65. The Morgan fingerprint density at radius 2 is 2.31 bits per heavy atom. The monoisotopic (exact) mass is 300 g/mol. The Bertz CT molecular complexity index is 292. The number of carbonyl (C=O) groups is 1. The van der Waals surface area contributed by atoms with E-state index >= 15 is 0 Å². The molecule has 0 bridgehead atoms. The number of Topliss-reactive ketones (excluding diaryl/α,β-unsaturated/α-hetero) is 1. The molecule has 0 aliphatic rings. The Labute approximate surface area is 99.2 Å². The summed E-state index contributed by atoms with van der Waals surface area (Å²) in [5.74, 6) is 0.629. The van der Waals surface area contributed by atoms with Gasteiger partial charge in [0.25, 0.3) is 0 Å². The maximum atomic E-state index is 11.4. The Balaban J connectivity index is 2.66. The molecule has 0 aromatic carbocycles. The molecule has 5 heteroatoms. The van der Waals surface area contributed by atoms with Crippen molar-refractivity contribution in [1.29, 1.82) is 0 Å². The second-order valence-electron chi connectivity index (χ2n) is 2.45. The van der Waals surface area contributed by atoms with Crippen molar-refractivity contribution in [1.82, 2.24) is 0 Å². The average Bonchev–Trinajstić information content (AvgIpc) is 2.43. The van der Waals surface area contributed by atoms with E-state index in [-0.39, 0.29) is 5.78 Å². The number of rotatable bonds is 4. The van der Waals surface area contributed by atoms with Crippen LogP contribution in [0.15, 0.2) is 9.85 Å². The zero-order chi connectivity index (χ0) is 9.84. The van der Waals surface area contributed by atoms with Gasteiger partial charge in [0.15, 0.2) is 5.78 Å². The quantitative estimate of drug-likeness (QED) is 0.596. The molecule has 72 valence electrons. The molecule has 0 saturated carbocycles. The fourth-order valence-electron chi connectivity index (χ4n) is 0.835. The van der Waals surface area contributed by atoms with E-state index in [1.807, 2.05) is 0 Å². The fraction of sp³-hybridized carbons (Fsp3) is 0.375. The molecule has 0 fully saturated rings. The maximum absolute atomic E-state index is 11.4. The third kappa shape index (κ3) is 3.24. The minimum Gasteiger partial charge on any atom is -0.293 e. The summed E-state index contributed by atoms with van der Waals surface area (Å²) in [7, 11) is 0. The predicted molar refractivity (Wildman–Crippen MR) is 61.3 cm³/mol. The Morgan fingerprint density at radius 1 is 1.62 bits per heavy atom. The SMILES string of the molecule is O=C(CCCCl)c1cc(Cl)c(Br)s1. The number of hydrogen-bond donors (Lipinski definition) is 0. The van der Waals surface area contributed by atoms with Crippen molar-refractivity contribution in [2.75, 3.05) is 5.88 Å². The van der Waals surface area contributed by atoms with Gasteiger partial charge >= 0.3 is 0 Å². The first-order valence-electron chi connectivity index (χ1n) is 3.69. The molecule has 1 aromatic rings. The molecule has 0 atom stereocenters. The highest BCUT2D eigenvalue weighted by Crippen LogP contribution is 2.32. The van der Waals surface area contributed by atoms with Gasteiger partial charge in [-0.2, -0.15) is 0 Å². The van der Waals surface area contributed by atoms with Crippen LogP contribution in [0.5, 0.6) is 0 Å². The van der Waals surface area contributed by atoms with Gasteiger partial charge in [0.05, 0.1) is 13.7 Å². The molecule has 1 heterocycles. The fourth-order valence-corrected chi connectivity index (χ4v) is 2.64. The normalized spacial score (nSPS) is 10.4. The van der Waals surface area contributed by atoms with Crippen molar-refractivity contribution in [3.63, 3.8) is 0 Å². The van der Waals surface area contributed by atoms with Crippen molar-refractivity contribution >= 4 is 56.3 Å². The summed E-state index contributed by atoms with van der Waals surface area (Å²) in [5, 5.41) is 0.597. The van der Waals surface area contributed by atoms with Crippen LogP contribution in [0.3, 0.4) is 0 Å². The predicted octanol–water partition coefficient (Wildman–Crippen LogP) is 4.37. The molecule has 13 heavy (non-hydrogen) atoms. The van der Waals surface area contributed by atoms with Crippen molar-refractivity contribution in [3.05, 3.63) is 19.8 Å². The van der Waals surface area contributed by atoms with E-state index in [0.717, 1.165) is 3.79 Å². The first kappa shape index (κ1) is 11.5. The summed E-state index contributed by atoms with van der Waals surface area (Å²) in [6.07, 6.45) is 1.21. The number of carbonyl (C=O) groups excluding carboxylic acids is 1. The first-order valence-corrected chi connectivity index (χ1v) is 6.21. The van der Waals surface area contributed by atoms with Crippen LogP contribution in [-0.2, 0) is 0 Å². The number of ketones is 1. The standard InChI is InChI=1S/C8H7BrCl2OS/c9-8-5(11)4-7(13-8)6(12)2-1-3-10/h4H,1-3H2. The lowest BCUT2D eigenvalue weighted by atomic mass is 10.2. The number of alkyl halides is 1. The second kappa shape index (κ2) is 5.35. The van der Waals surface area contributed by atoms with Gasteiger partial charge < -0.3 is 0 Å². The van der Waals surface area contributed by atoms with Gasteiger partial charge in [0, 0.05) is 12.3 Å². The van der Waals surface area contributed by atoms with Crippen LogP contribution in [0.1, 0.15) is 22.5 Å². The van der Waals surface area contributed by atoms with E-state index in [2.05, 4.69) is 15.9 Å². The lowest BCUT2D eigenvalue weighted by Crippen LogP contribution is -1.95. The third-order valence-electron chi connectivity index (χ3n) is 1.46. The minimum atomic E-state index is 0.109. The Hall–Kier alpha value is 0.430. The number of halogens is 3. The number of thiophene rings is 1. The van der Waals surface area contributed by atoms with Crippen LogP contribution in [0.2, 0.25) is 5.02 Å². The lowest BCUT2D eigenvalue weighted by Gasteiger charge is -1.93. The van der Waals surface area contributed by atoms with Crippen molar-refractivity contribution in [2.24, 2.45) is 0 Å². The highest BCUT2D eigenvalue weighted by molar-refractivity contribution is 9.11. The van der Waals surface area contributed by atoms with Gasteiger partial charge in [-0.15, -0.1) is 22.9 Å². The van der Waals surface area contributed by atoms with E-state index in [9.17, 15) is 4.79 Å². The van der Waals surface area contributed by atoms with Crippen LogP contribution < -0.4 is 0 Å². The van der Waals surface area contributed by atoms with Crippen LogP contribution in [0, 0.1) is 0 Å². The molecule has 1 rings (SSSR count). The van der Waals surface area contributed by atoms with Gasteiger partial charge in [0.1, 0.15) is 0 Å². The van der Waals surface area contributed by atoms with E-state index in [0.29, 0.717) is 28.6 Å². The van der Waals surface area contributed by atoms with Crippen LogP contribution in [0.25, 0.3) is 0 Å². The zero-order valence-corrected chi connectivity index (χ0v) is 10.6. The van der Waals surface area contributed by atoms with Crippen LogP contribution in [-0.4, -0.2) is 11.7 Å². The molecule has 0 unspecified atom stereocenters. The van der Waals surface area contributed by atoms with E-state index in [4.69, 9.17) is 23.2 Å². The molecule has 0 saturated heterocycles. The third-order valence-corrected chi connectivity index (χ3v) is 4.24. The molecule has 0 aliphatic heterocycles. The minimum absolute atomic E-state index is 0.109. The van der Waals surface area contributed by atoms with Gasteiger partial charge in [-0.1, -0.05) is 11.6 Å². The molecular formula is C8H7BrCl2OS. The summed E-state index contributed by atoms with van der Waals surface area (Å²) >= 11 is 15.9. The number of hydrogen-bond acceptors (Lipinski definition) is 2. The molecular weight excluding hydrogens is 295 g/mol. The van der Waals surface area contributed by atoms with Crippen LogP contribution >= 0.6 is 50.5 Å². The molecule has 0 radical (unpaired) electrons. The highest BCUT2D eigenvalue weighted by Gasteiger charge is 2.11. The van der Waals surface area contributed by atoms with Crippen molar-refractivity contribution in [3.8, 4) is 0 Å². The topological polar surface area (TPSA) is 17.1 Å². The van der Waals surface area contributed by atoms with Gasteiger partial charge in [-0.05, 0) is 28.4 Å². The van der Waals surface area contributed by atoms with Crippen LogP contribution in [0.4, 0.5) is 0 Å². The molecule has 1 aromatic heterocycles. The molecule has 1 nitrogen and oxygen atoms in total. The lowest BCUT2D eigenvalue weighted by molar-refractivity contribution is 0.0986.